The van der Waals surface area contributed by atoms with Gasteiger partial charge in [0.2, 0.25) is 0 Å². The van der Waals surface area contributed by atoms with Crippen LogP contribution in [0.25, 0.3) is 76.5 Å². The summed E-state index contributed by atoms with van der Waals surface area (Å²) in [7, 11) is 0. The van der Waals surface area contributed by atoms with Gasteiger partial charge in [-0.3, -0.25) is 4.98 Å². The van der Waals surface area contributed by atoms with E-state index in [-0.39, 0.29) is 11.6 Å². The van der Waals surface area contributed by atoms with E-state index in [1.54, 1.807) is 30.5 Å². The average Bonchev–Trinajstić information content (AvgIpc) is 3.02. The number of fused-ring (bicyclic) bond motifs is 5. The van der Waals surface area contributed by atoms with Crippen molar-refractivity contribution in [1.29, 1.82) is 0 Å². The summed E-state index contributed by atoms with van der Waals surface area (Å²) >= 11 is 0. The van der Waals surface area contributed by atoms with Crippen molar-refractivity contribution in [2.45, 2.75) is 0 Å². The normalized spacial score (nSPS) is 11.6. The molecule has 0 N–H and O–H groups in total. The smallest absolute Gasteiger partial charge is 0.123 e. The second-order valence-corrected chi connectivity index (χ2v) is 10.6. The third-order valence-electron chi connectivity index (χ3n) is 8.20. The van der Waals surface area contributed by atoms with Crippen molar-refractivity contribution >= 4 is 43.1 Å². The molecule has 7 aromatic carbocycles. The molecular weight excluding hydrogens is 520 g/mol. The maximum absolute atomic E-state index is 14.7. The SMILES string of the molecule is Fc1cccc(-c2c3ccccc3c(-c3cccc(F)c3)c3cc4c(cc23)c(-c2cccnc2)cc2ccccc24)c1. The van der Waals surface area contributed by atoms with E-state index >= 15 is 0 Å². The minimum absolute atomic E-state index is 0.288. The van der Waals surface area contributed by atoms with Crippen LogP contribution in [0.15, 0.2) is 140 Å². The van der Waals surface area contributed by atoms with Gasteiger partial charge in [-0.2, -0.15) is 0 Å². The molecule has 198 valence electrons. The third kappa shape index (κ3) is 3.86. The number of benzene rings is 7. The Morgan fingerprint density at radius 3 is 1.57 bits per heavy atom. The van der Waals surface area contributed by atoms with Gasteiger partial charge in [0.15, 0.2) is 0 Å². The Kier molecular flexibility index (Phi) is 5.58. The molecule has 8 aromatic rings. The molecule has 0 bridgehead atoms. The van der Waals surface area contributed by atoms with Gasteiger partial charge < -0.3 is 0 Å². The predicted octanol–water partition coefficient (Wildman–Crippen LogP) is 11.0. The van der Waals surface area contributed by atoms with Crippen LogP contribution in [0.2, 0.25) is 0 Å². The fraction of sp³-hybridized carbons (Fsp3) is 0. The van der Waals surface area contributed by atoms with Gasteiger partial charge in [0.05, 0.1) is 0 Å². The van der Waals surface area contributed by atoms with Crippen molar-refractivity contribution in [3.63, 3.8) is 0 Å². The highest BCUT2D eigenvalue weighted by Gasteiger charge is 2.20. The molecule has 42 heavy (non-hydrogen) atoms. The molecular formula is C39H23F2N. The molecule has 0 fully saturated rings. The topological polar surface area (TPSA) is 12.9 Å². The number of hydrogen-bond acceptors (Lipinski definition) is 1. The lowest BCUT2D eigenvalue weighted by Gasteiger charge is -2.20. The summed E-state index contributed by atoms with van der Waals surface area (Å²) in [4.78, 5) is 4.41. The standard InChI is InChI=1S/C39H23F2N/c40-28-12-5-9-25(18-28)38-31-15-3-4-16-32(31)39(26-10-6-13-29(41)19-26)37-22-35-33(27-11-7-17-42-23-27)20-24-8-1-2-14-30(24)34(35)21-36(37)38/h1-23H. The molecule has 0 amide bonds. The first kappa shape index (κ1) is 24.4. The van der Waals surface area contributed by atoms with Crippen LogP contribution in [-0.4, -0.2) is 4.98 Å². The highest BCUT2D eigenvalue weighted by atomic mass is 19.1. The van der Waals surface area contributed by atoms with Gasteiger partial charge in [-0.05, 0) is 119 Å². The monoisotopic (exact) mass is 543 g/mol. The van der Waals surface area contributed by atoms with Crippen molar-refractivity contribution in [1.82, 2.24) is 4.98 Å². The Morgan fingerprint density at radius 1 is 0.405 bits per heavy atom. The fourth-order valence-corrected chi connectivity index (χ4v) is 6.44. The second kappa shape index (κ2) is 9.60. The van der Waals surface area contributed by atoms with E-state index in [4.69, 9.17) is 0 Å². The minimum atomic E-state index is -0.290. The van der Waals surface area contributed by atoms with Crippen LogP contribution in [0.4, 0.5) is 8.78 Å². The Hall–Kier alpha value is -5.41. The van der Waals surface area contributed by atoms with Crippen molar-refractivity contribution in [3.05, 3.63) is 151 Å². The molecule has 0 radical (unpaired) electrons. The fourth-order valence-electron chi connectivity index (χ4n) is 6.44. The van der Waals surface area contributed by atoms with E-state index in [9.17, 15) is 8.78 Å². The van der Waals surface area contributed by atoms with Crippen LogP contribution in [0.1, 0.15) is 0 Å². The summed E-state index contributed by atoms with van der Waals surface area (Å²) in [6, 6.07) is 40.8. The van der Waals surface area contributed by atoms with Gasteiger partial charge >= 0.3 is 0 Å². The Balaban J connectivity index is 1.65. The molecule has 0 saturated heterocycles. The van der Waals surface area contributed by atoms with Crippen LogP contribution >= 0.6 is 0 Å². The van der Waals surface area contributed by atoms with Gasteiger partial charge in [0, 0.05) is 18.0 Å². The van der Waals surface area contributed by atoms with Crippen LogP contribution in [0.3, 0.4) is 0 Å². The number of rotatable bonds is 3. The maximum atomic E-state index is 14.7. The van der Waals surface area contributed by atoms with E-state index < -0.39 is 0 Å². The second-order valence-electron chi connectivity index (χ2n) is 10.6. The van der Waals surface area contributed by atoms with Crippen LogP contribution in [0.5, 0.6) is 0 Å². The summed E-state index contributed by atoms with van der Waals surface area (Å²) in [5.74, 6) is -0.578. The zero-order chi connectivity index (χ0) is 28.2. The van der Waals surface area contributed by atoms with Crippen LogP contribution in [-0.2, 0) is 0 Å². The van der Waals surface area contributed by atoms with Gasteiger partial charge in [-0.1, -0.05) is 78.9 Å². The van der Waals surface area contributed by atoms with Crippen molar-refractivity contribution < 1.29 is 8.78 Å². The molecule has 1 aromatic heterocycles. The van der Waals surface area contributed by atoms with Gasteiger partial charge in [-0.15, -0.1) is 0 Å². The van der Waals surface area contributed by atoms with E-state index in [0.717, 1.165) is 76.5 Å². The van der Waals surface area contributed by atoms with Crippen LogP contribution < -0.4 is 0 Å². The average molecular weight is 544 g/mol. The first-order chi connectivity index (χ1) is 20.7. The Morgan fingerprint density at radius 2 is 0.976 bits per heavy atom. The van der Waals surface area contributed by atoms with Gasteiger partial charge in [-0.25, -0.2) is 8.78 Å². The molecule has 8 rings (SSSR count). The van der Waals surface area contributed by atoms with Crippen LogP contribution in [0, 0.1) is 11.6 Å². The van der Waals surface area contributed by atoms with E-state index in [1.807, 2.05) is 36.5 Å². The molecule has 0 aliphatic carbocycles. The molecule has 3 heteroatoms. The van der Waals surface area contributed by atoms with Crippen molar-refractivity contribution in [3.8, 4) is 33.4 Å². The summed E-state index contributed by atoms with van der Waals surface area (Å²) in [6.45, 7) is 0. The Labute approximate surface area is 241 Å². The molecule has 0 saturated carbocycles. The highest BCUT2D eigenvalue weighted by Crippen LogP contribution is 2.47. The molecule has 0 atom stereocenters. The maximum Gasteiger partial charge on any atom is 0.123 e. The highest BCUT2D eigenvalue weighted by molar-refractivity contribution is 6.26. The van der Waals surface area contributed by atoms with E-state index in [0.29, 0.717) is 0 Å². The first-order valence-electron chi connectivity index (χ1n) is 13.9. The lowest BCUT2D eigenvalue weighted by molar-refractivity contribution is 0.628. The van der Waals surface area contributed by atoms with Gasteiger partial charge in [0.1, 0.15) is 11.6 Å². The third-order valence-corrected chi connectivity index (χ3v) is 8.20. The van der Waals surface area contributed by atoms with Crippen molar-refractivity contribution in [2.75, 3.05) is 0 Å². The predicted molar refractivity (Wildman–Crippen MR) is 170 cm³/mol. The first-order valence-corrected chi connectivity index (χ1v) is 13.9. The molecule has 0 aliphatic heterocycles. The molecule has 1 heterocycles. The van der Waals surface area contributed by atoms with Gasteiger partial charge in [0.25, 0.3) is 0 Å². The van der Waals surface area contributed by atoms with E-state index in [1.165, 1.54) is 12.1 Å². The number of pyridine rings is 1. The zero-order valence-electron chi connectivity index (χ0n) is 22.5. The van der Waals surface area contributed by atoms with E-state index in [2.05, 4.69) is 65.6 Å². The lowest BCUT2D eigenvalue weighted by Crippen LogP contribution is -1.93. The largest absolute Gasteiger partial charge is 0.264 e. The van der Waals surface area contributed by atoms with Crippen molar-refractivity contribution in [2.24, 2.45) is 0 Å². The summed E-state index contributed by atoms with van der Waals surface area (Å²) < 4.78 is 29.4. The molecule has 0 unspecified atom stereocenters. The number of nitrogens with zero attached hydrogens (tertiary/aromatic N) is 1. The summed E-state index contributed by atoms with van der Waals surface area (Å²) in [5, 5.41) is 8.37. The molecule has 1 nitrogen and oxygen atoms in total. The lowest BCUT2D eigenvalue weighted by atomic mass is 9.83. The minimum Gasteiger partial charge on any atom is -0.264 e. The number of halogens is 2. The molecule has 0 spiro atoms. The number of hydrogen-bond donors (Lipinski definition) is 0. The molecule has 0 aliphatic rings. The number of aromatic nitrogens is 1. The Bertz CT molecular complexity index is 2320. The quantitative estimate of drug-likeness (QED) is 0.160. The summed E-state index contributed by atoms with van der Waals surface area (Å²) in [5.41, 5.74) is 5.60. The summed E-state index contributed by atoms with van der Waals surface area (Å²) in [6.07, 6.45) is 3.67. The zero-order valence-corrected chi connectivity index (χ0v) is 22.5.